The van der Waals surface area contributed by atoms with Gasteiger partial charge in [0.2, 0.25) is 10.0 Å². The van der Waals surface area contributed by atoms with Crippen LogP contribution in [-0.2, 0) is 14.8 Å². The maximum absolute atomic E-state index is 11.5. The summed E-state index contributed by atoms with van der Waals surface area (Å²) < 4.78 is 30.0. The molecule has 2 rings (SSSR count). The molecule has 2 aliphatic heterocycles. The second kappa shape index (κ2) is 9.58. The zero-order valence-electron chi connectivity index (χ0n) is 15.0. The third kappa shape index (κ3) is 6.57. The Balaban J connectivity index is 1.61. The smallest absolute Gasteiger partial charge is 0.211 e. The third-order valence-corrected chi connectivity index (χ3v) is 6.31. The standard InChI is InChI=1S/C16H32N4O3S/c1-17-16(18-8-3-14-6-11-23-12-7-14)19-13-15-4-9-20(10-5-15)24(2,21)22/h14-15H,3-13H2,1-2H3,(H2,17,18,19). The van der Waals surface area contributed by atoms with Gasteiger partial charge in [-0.25, -0.2) is 12.7 Å². The summed E-state index contributed by atoms with van der Waals surface area (Å²) in [6.07, 6.45) is 6.56. The van der Waals surface area contributed by atoms with Crippen molar-refractivity contribution in [1.82, 2.24) is 14.9 Å². The van der Waals surface area contributed by atoms with Gasteiger partial charge in [-0.1, -0.05) is 0 Å². The number of ether oxygens (including phenoxy) is 1. The van der Waals surface area contributed by atoms with Gasteiger partial charge in [0.25, 0.3) is 0 Å². The molecule has 0 aliphatic carbocycles. The van der Waals surface area contributed by atoms with Gasteiger partial charge in [-0.05, 0) is 43.9 Å². The zero-order valence-corrected chi connectivity index (χ0v) is 15.8. The molecule has 0 radical (unpaired) electrons. The summed E-state index contributed by atoms with van der Waals surface area (Å²) in [4.78, 5) is 4.27. The van der Waals surface area contributed by atoms with Crippen molar-refractivity contribution in [2.24, 2.45) is 16.8 Å². The summed E-state index contributed by atoms with van der Waals surface area (Å²) in [5.41, 5.74) is 0. The molecule has 0 atom stereocenters. The molecule has 0 amide bonds. The first kappa shape index (κ1) is 19.5. The van der Waals surface area contributed by atoms with Crippen molar-refractivity contribution >= 4 is 16.0 Å². The maximum atomic E-state index is 11.5. The molecular weight excluding hydrogens is 328 g/mol. The van der Waals surface area contributed by atoms with E-state index in [2.05, 4.69) is 15.6 Å². The van der Waals surface area contributed by atoms with Gasteiger partial charge in [0.1, 0.15) is 0 Å². The highest BCUT2D eigenvalue weighted by Gasteiger charge is 2.24. The van der Waals surface area contributed by atoms with Crippen molar-refractivity contribution < 1.29 is 13.2 Å². The van der Waals surface area contributed by atoms with E-state index in [9.17, 15) is 8.42 Å². The fourth-order valence-corrected chi connectivity index (χ4v) is 4.21. The quantitative estimate of drug-likeness (QED) is 0.536. The van der Waals surface area contributed by atoms with Gasteiger partial charge < -0.3 is 15.4 Å². The number of nitrogens with zero attached hydrogens (tertiary/aromatic N) is 2. The van der Waals surface area contributed by atoms with Crippen LogP contribution in [0, 0.1) is 11.8 Å². The molecule has 2 fully saturated rings. The van der Waals surface area contributed by atoms with E-state index >= 15 is 0 Å². The number of rotatable bonds is 6. The summed E-state index contributed by atoms with van der Waals surface area (Å²) in [5.74, 6) is 2.09. The molecule has 0 aromatic carbocycles. The van der Waals surface area contributed by atoms with Crippen LogP contribution in [0.25, 0.3) is 0 Å². The zero-order chi connectivity index (χ0) is 17.4. The highest BCUT2D eigenvalue weighted by molar-refractivity contribution is 7.88. The lowest BCUT2D eigenvalue weighted by Gasteiger charge is -2.30. The summed E-state index contributed by atoms with van der Waals surface area (Å²) >= 11 is 0. The summed E-state index contributed by atoms with van der Waals surface area (Å²) in [7, 11) is -1.25. The fraction of sp³-hybridized carbons (Fsp3) is 0.938. The van der Waals surface area contributed by atoms with Gasteiger partial charge in [0.05, 0.1) is 6.26 Å². The molecule has 2 heterocycles. The van der Waals surface area contributed by atoms with Crippen molar-refractivity contribution in [3.8, 4) is 0 Å². The molecule has 24 heavy (non-hydrogen) atoms. The number of guanidine groups is 1. The number of aliphatic imine (C=N–C) groups is 1. The van der Waals surface area contributed by atoms with Gasteiger partial charge in [-0.2, -0.15) is 0 Å². The summed E-state index contributed by atoms with van der Waals surface area (Å²) in [5, 5.41) is 6.76. The predicted octanol–water partition coefficient (Wildman–Crippen LogP) is 0.640. The molecule has 0 saturated carbocycles. The molecule has 2 saturated heterocycles. The molecule has 8 heteroatoms. The Hall–Kier alpha value is -0.860. The molecule has 2 N–H and O–H groups in total. The Morgan fingerprint density at radius 1 is 1.12 bits per heavy atom. The van der Waals surface area contributed by atoms with Crippen LogP contribution < -0.4 is 10.6 Å². The van der Waals surface area contributed by atoms with Crippen molar-refractivity contribution in [3.05, 3.63) is 0 Å². The Kier molecular flexibility index (Phi) is 7.77. The number of nitrogens with one attached hydrogen (secondary N) is 2. The van der Waals surface area contributed by atoms with E-state index in [1.54, 1.807) is 11.4 Å². The van der Waals surface area contributed by atoms with Crippen molar-refractivity contribution in [2.45, 2.75) is 32.1 Å². The molecule has 7 nitrogen and oxygen atoms in total. The van der Waals surface area contributed by atoms with Crippen molar-refractivity contribution in [3.63, 3.8) is 0 Å². The van der Waals surface area contributed by atoms with E-state index in [4.69, 9.17) is 4.74 Å². The topological polar surface area (TPSA) is 83.0 Å². The molecule has 0 aromatic rings. The van der Waals surface area contributed by atoms with Crippen LogP contribution in [-0.4, -0.2) is 71.4 Å². The average molecular weight is 361 g/mol. The Bertz CT molecular complexity index is 495. The first-order valence-corrected chi connectivity index (χ1v) is 10.8. The highest BCUT2D eigenvalue weighted by atomic mass is 32.2. The van der Waals surface area contributed by atoms with Crippen LogP contribution in [0.5, 0.6) is 0 Å². The van der Waals surface area contributed by atoms with E-state index in [1.165, 1.54) is 6.26 Å². The lowest BCUT2D eigenvalue weighted by atomic mass is 9.97. The minimum absolute atomic E-state index is 0.497. The molecule has 2 aliphatic rings. The summed E-state index contributed by atoms with van der Waals surface area (Å²) in [6.45, 7) is 4.81. The number of sulfonamides is 1. The van der Waals surface area contributed by atoms with Gasteiger partial charge >= 0.3 is 0 Å². The van der Waals surface area contributed by atoms with Crippen LogP contribution in [0.15, 0.2) is 4.99 Å². The minimum atomic E-state index is -3.04. The van der Waals surface area contributed by atoms with E-state index < -0.39 is 10.0 Å². The van der Waals surface area contributed by atoms with Crippen LogP contribution in [0.3, 0.4) is 0 Å². The van der Waals surface area contributed by atoms with Gasteiger partial charge in [-0.3, -0.25) is 4.99 Å². The molecular formula is C16H32N4O3S. The Labute approximate surface area is 146 Å². The third-order valence-electron chi connectivity index (χ3n) is 5.01. The second-order valence-electron chi connectivity index (χ2n) is 6.83. The van der Waals surface area contributed by atoms with E-state index in [1.807, 2.05) is 0 Å². The molecule has 0 aromatic heterocycles. The number of hydrogen-bond acceptors (Lipinski definition) is 4. The monoisotopic (exact) mass is 360 g/mol. The first-order valence-electron chi connectivity index (χ1n) is 8.96. The van der Waals surface area contributed by atoms with Gasteiger partial charge in [0.15, 0.2) is 5.96 Å². The minimum Gasteiger partial charge on any atom is -0.381 e. The molecule has 0 spiro atoms. The lowest BCUT2D eigenvalue weighted by molar-refractivity contribution is 0.0643. The van der Waals surface area contributed by atoms with Crippen LogP contribution in [0.2, 0.25) is 0 Å². The van der Waals surface area contributed by atoms with Gasteiger partial charge in [-0.15, -0.1) is 0 Å². The van der Waals surface area contributed by atoms with Crippen molar-refractivity contribution in [1.29, 1.82) is 0 Å². The average Bonchev–Trinajstić information content (AvgIpc) is 2.58. The number of hydrogen-bond donors (Lipinski definition) is 2. The normalized spacial score (nSPS) is 22.5. The van der Waals surface area contributed by atoms with Crippen LogP contribution >= 0.6 is 0 Å². The van der Waals surface area contributed by atoms with E-state index in [0.29, 0.717) is 19.0 Å². The Morgan fingerprint density at radius 2 is 1.79 bits per heavy atom. The SMILES string of the molecule is CN=C(NCCC1CCOCC1)NCC1CCN(S(C)(=O)=O)CC1. The van der Waals surface area contributed by atoms with Gasteiger partial charge in [0, 0.05) is 46.4 Å². The maximum Gasteiger partial charge on any atom is 0.211 e. The summed E-state index contributed by atoms with van der Waals surface area (Å²) in [6, 6.07) is 0. The first-order chi connectivity index (χ1) is 11.5. The second-order valence-corrected chi connectivity index (χ2v) is 8.81. The van der Waals surface area contributed by atoms with Crippen molar-refractivity contribution in [2.75, 3.05) is 52.7 Å². The number of piperidine rings is 1. The molecule has 0 bridgehead atoms. The largest absolute Gasteiger partial charge is 0.381 e. The lowest BCUT2D eigenvalue weighted by Crippen LogP contribution is -2.44. The van der Waals surface area contributed by atoms with E-state index in [0.717, 1.165) is 70.3 Å². The predicted molar refractivity (Wildman–Crippen MR) is 96.7 cm³/mol. The van der Waals surface area contributed by atoms with Crippen LogP contribution in [0.1, 0.15) is 32.1 Å². The van der Waals surface area contributed by atoms with E-state index in [-0.39, 0.29) is 0 Å². The Morgan fingerprint density at radius 3 is 2.38 bits per heavy atom. The molecule has 0 unspecified atom stereocenters. The van der Waals surface area contributed by atoms with Crippen LogP contribution in [0.4, 0.5) is 0 Å². The highest BCUT2D eigenvalue weighted by Crippen LogP contribution is 2.19. The fourth-order valence-electron chi connectivity index (χ4n) is 3.34. The molecule has 140 valence electrons.